The Morgan fingerprint density at radius 3 is 2.38 bits per heavy atom. The maximum absolute atomic E-state index is 6.35. The monoisotopic (exact) mass is 335 g/mol. The Bertz CT molecular complexity index is 1020. The Balaban J connectivity index is 1.98. The van der Waals surface area contributed by atoms with Gasteiger partial charge >= 0.3 is 0 Å². The first kappa shape index (κ1) is 14.8. The Morgan fingerprint density at radius 1 is 0.833 bits per heavy atom. The van der Waals surface area contributed by atoms with Crippen molar-refractivity contribution in [2.75, 3.05) is 7.11 Å². The normalized spacial score (nSPS) is 10.9. The van der Waals surface area contributed by atoms with E-state index in [0.717, 1.165) is 33.2 Å². The molecule has 0 saturated carbocycles. The number of nitrogens with zero attached hydrogens (tertiary/aromatic N) is 1. The van der Waals surface area contributed by atoms with Crippen LogP contribution in [0.15, 0.2) is 71.4 Å². The van der Waals surface area contributed by atoms with E-state index in [4.69, 9.17) is 20.9 Å². The van der Waals surface area contributed by atoms with Crippen molar-refractivity contribution in [3.05, 3.63) is 71.9 Å². The highest BCUT2D eigenvalue weighted by molar-refractivity contribution is 6.33. The number of hydrogen-bond donors (Lipinski definition) is 0. The second kappa shape index (κ2) is 6.02. The summed E-state index contributed by atoms with van der Waals surface area (Å²) in [7, 11) is 1.67. The lowest BCUT2D eigenvalue weighted by Crippen LogP contribution is -1.88. The topological polar surface area (TPSA) is 35.3 Å². The zero-order valence-electron chi connectivity index (χ0n) is 13.0. The Morgan fingerprint density at radius 2 is 1.58 bits per heavy atom. The minimum atomic E-state index is 0.666. The molecule has 0 saturated heterocycles. The van der Waals surface area contributed by atoms with Gasteiger partial charge in [-0.2, -0.15) is 0 Å². The summed E-state index contributed by atoms with van der Waals surface area (Å²) < 4.78 is 11.1. The Hall–Kier alpha value is -2.78. The summed E-state index contributed by atoms with van der Waals surface area (Å²) in [5.74, 6) is 1.52. The number of hydrogen-bond acceptors (Lipinski definition) is 3. The molecule has 3 aromatic carbocycles. The zero-order valence-corrected chi connectivity index (χ0v) is 13.7. The molecule has 0 unspecified atom stereocenters. The Kier molecular flexibility index (Phi) is 3.71. The largest absolute Gasteiger partial charge is 0.496 e. The molecular weight excluding hydrogens is 322 g/mol. The SMILES string of the molecule is COc1ccc(-c2oncc2-c2ccccc2Cl)c2ccccc12. The highest BCUT2D eigenvalue weighted by Crippen LogP contribution is 2.40. The lowest BCUT2D eigenvalue weighted by Gasteiger charge is -2.10. The standard InChI is InChI=1S/C20H14ClNO2/c1-23-19-11-10-16(13-6-2-3-8-15(13)19)20-17(12-22-24-20)14-7-4-5-9-18(14)21/h2-12H,1H3. The Labute approximate surface area is 144 Å². The van der Waals surface area contributed by atoms with Crippen LogP contribution < -0.4 is 4.74 Å². The van der Waals surface area contributed by atoms with Crippen LogP contribution in [0.5, 0.6) is 5.75 Å². The van der Waals surface area contributed by atoms with Gasteiger partial charge in [0.1, 0.15) is 5.75 Å². The average molecular weight is 336 g/mol. The maximum atomic E-state index is 6.35. The smallest absolute Gasteiger partial charge is 0.175 e. The fourth-order valence-corrected chi connectivity index (χ4v) is 3.19. The highest BCUT2D eigenvalue weighted by atomic mass is 35.5. The fourth-order valence-electron chi connectivity index (χ4n) is 2.95. The first-order chi connectivity index (χ1) is 11.8. The number of ether oxygens (including phenoxy) is 1. The molecule has 4 aromatic rings. The van der Waals surface area contributed by atoms with Crippen LogP contribution in [0.1, 0.15) is 0 Å². The summed E-state index contributed by atoms with van der Waals surface area (Å²) >= 11 is 6.35. The molecule has 0 atom stereocenters. The molecule has 0 aliphatic heterocycles. The van der Waals surface area contributed by atoms with Gasteiger partial charge < -0.3 is 9.26 Å². The second-order valence-electron chi connectivity index (χ2n) is 5.41. The summed E-state index contributed by atoms with van der Waals surface area (Å²) in [6.07, 6.45) is 1.70. The van der Waals surface area contributed by atoms with Crippen molar-refractivity contribution in [3.63, 3.8) is 0 Å². The van der Waals surface area contributed by atoms with Crippen LogP contribution in [0.2, 0.25) is 5.02 Å². The van der Waals surface area contributed by atoms with Crippen molar-refractivity contribution in [1.82, 2.24) is 5.16 Å². The van der Waals surface area contributed by atoms with Crippen LogP contribution in [-0.2, 0) is 0 Å². The molecule has 0 bridgehead atoms. The van der Waals surface area contributed by atoms with E-state index in [9.17, 15) is 0 Å². The third-order valence-corrected chi connectivity index (χ3v) is 4.41. The molecule has 4 rings (SSSR count). The first-order valence-electron chi connectivity index (χ1n) is 7.55. The summed E-state index contributed by atoms with van der Waals surface area (Å²) in [5, 5.41) is 6.74. The lowest BCUT2D eigenvalue weighted by molar-refractivity contribution is 0.419. The van der Waals surface area contributed by atoms with Crippen molar-refractivity contribution >= 4 is 22.4 Å². The molecule has 0 radical (unpaired) electrons. The molecule has 0 aliphatic rings. The average Bonchev–Trinajstić information content (AvgIpc) is 3.10. The molecule has 0 N–H and O–H groups in total. The van der Waals surface area contributed by atoms with Crippen LogP contribution >= 0.6 is 11.6 Å². The van der Waals surface area contributed by atoms with Gasteiger partial charge in [-0.1, -0.05) is 59.2 Å². The number of rotatable bonds is 3. The molecular formula is C20H14ClNO2. The van der Waals surface area contributed by atoms with E-state index in [2.05, 4.69) is 5.16 Å². The zero-order chi connectivity index (χ0) is 16.5. The van der Waals surface area contributed by atoms with Crippen molar-refractivity contribution in [2.45, 2.75) is 0 Å². The van der Waals surface area contributed by atoms with E-state index in [1.54, 1.807) is 13.3 Å². The van der Waals surface area contributed by atoms with Crippen LogP contribution in [0.4, 0.5) is 0 Å². The molecule has 0 amide bonds. The van der Waals surface area contributed by atoms with Gasteiger partial charge in [-0.15, -0.1) is 0 Å². The highest BCUT2D eigenvalue weighted by Gasteiger charge is 2.18. The summed E-state index contributed by atoms with van der Waals surface area (Å²) in [6, 6.07) is 19.7. The first-order valence-corrected chi connectivity index (χ1v) is 7.93. The van der Waals surface area contributed by atoms with E-state index in [0.29, 0.717) is 10.8 Å². The van der Waals surface area contributed by atoms with Crippen molar-refractivity contribution in [3.8, 4) is 28.2 Å². The number of methoxy groups -OCH3 is 1. The van der Waals surface area contributed by atoms with Gasteiger partial charge in [-0.05, 0) is 23.6 Å². The van der Waals surface area contributed by atoms with Crippen LogP contribution in [-0.4, -0.2) is 12.3 Å². The van der Waals surface area contributed by atoms with Gasteiger partial charge in [0.15, 0.2) is 5.76 Å². The van der Waals surface area contributed by atoms with Gasteiger partial charge in [0.05, 0.1) is 18.9 Å². The summed E-state index contributed by atoms with van der Waals surface area (Å²) in [5.41, 5.74) is 2.73. The van der Waals surface area contributed by atoms with Crippen LogP contribution in [0.25, 0.3) is 33.2 Å². The van der Waals surface area contributed by atoms with Gasteiger partial charge in [0.25, 0.3) is 0 Å². The molecule has 0 aliphatic carbocycles. The number of benzene rings is 3. The molecule has 0 fully saturated rings. The van der Waals surface area contributed by atoms with E-state index in [1.165, 1.54) is 0 Å². The molecule has 0 spiro atoms. The van der Waals surface area contributed by atoms with Gasteiger partial charge in [0.2, 0.25) is 0 Å². The van der Waals surface area contributed by atoms with Gasteiger partial charge in [0, 0.05) is 21.5 Å². The summed E-state index contributed by atoms with van der Waals surface area (Å²) in [4.78, 5) is 0. The van der Waals surface area contributed by atoms with E-state index in [1.807, 2.05) is 60.7 Å². The molecule has 24 heavy (non-hydrogen) atoms. The van der Waals surface area contributed by atoms with Gasteiger partial charge in [-0.25, -0.2) is 0 Å². The van der Waals surface area contributed by atoms with Crippen LogP contribution in [0.3, 0.4) is 0 Å². The van der Waals surface area contributed by atoms with E-state index >= 15 is 0 Å². The van der Waals surface area contributed by atoms with Crippen LogP contribution in [0, 0.1) is 0 Å². The summed E-state index contributed by atoms with van der Waals surface area (Å²) in [6.45, 7) is 0. The predicted octanol–water partition coefficient (Wildman–Crippen LogP) is 5.82. The predicted molar refractivity (Wildman–Crippen MR) is 96.4 cm³/mol. The lowest BCUT2D eigenvalue weighted by atomic mass is 9.97. The van der Waals surface area contributed by atoms with E-state index in [-0.39, 0.29) is 0 Å². The maximum Gasteiger partial charge on any atom is 0.175 e. The van der Waals surface area contributed by atoms with Crippen molar-refractivity contribution in [2.24, 2.45) is 0 Å². The minimum absolute atomic E-state index is 0.666. The van der Waals surface area contributed by atoms with Gasteiger partial charge in [-0.3, -0.25) is 0 Å². The molecule has 1 aromatic heterocycles. The third-order valence-electron chi connectivity index (χ3n) is 4.08. The minimum Gasteiger partial charge on any atom is -0.496 e. The molecule has 118 valence electrons. The van der Waals surface area contributed by atoms with Crippen molar-refractivity contribution in [1.29, 1.82) is 0 Å². The molecule has 1 heterocycles. The fraction of sp³-hybridized carbons (Fsp3) is 0.0500. The van der Waals surface area contributed by atoms with Crippen molar-refractivity contribution < 1.29 is 9.26 Å². The molecule has 4 heteroatoms. The quantitative estimate of drug-likeness (QED) is 0.473. The number of halogens is 1. The van der Waals surface area contributed by atoms with E-state index < -0.39 is 0 Å². The molecule has 3 nitrogen and oxygen atoms in total. The number of fused-ring (bicyclic) bond motifs is 1. The second-order valence-corrected chi connectivity index (χ2v) is 5.82. The third kappa shape index (κ3) is 2.34. The number of aromatic nitrogens is 1.